The van der Waals surface area contributed by atoms with Crippen LogP contribution in [0.15, 0.2) is 47.5 Å². The fourth-order valence-electron chi connectivity index (χ4n) is 5.53. The minimum atomic E-state index is -0.719. The van der Waals surface area contributed by atoms with Gasteiger partial charge in [0.1, 0.15) is 17.2 Å². The highest BCUT2D eigenvalue weighted by Gasteiger charge is 2.51. The maximum atomic E-state index is 14.8. The second-order valence-corrected chi connectivity index (χ2v) is 10.8. The Balaban J connectivity index is 1.68. The molecule has 4 rings (SSSR count). The molecule has 1 N–H and O–H groups in total. The predicted octanol–water partition coefficient (Wildman–Crippen LogP) is 6.55. The van der Waals surface area contributed by atoms with Gasteiger partial charge in [-0.2, -0.15) is 0 Å². The van der Waals surface area contributed by atoms with E-state index in [1.165, 1.54) is 18.2 Å². The van der Waals surface area contributed by atoms with E-state index in [0.29, 0.717) is 29.0 Å². The molecule has 2 aromatic carbocycles. The molecule has 1 aliphatic heterocycles. The van der Waals surface area contributed by atoms with Crippen molar-refractivity contribution in [1.29, 1.82) is 0 Å². The summed E-state index contributed by atoms with van der Waals surface area (Å²) in [6.07, 6.45) is 4.25. The lowest BCUT2D eigenvalue weighted by atomic mass is 9.76. The van der Waals surface area contributed by atoms with Gasteiger partial charge in [0.15, 0.2) is 0 Å². The number of amides is 2. The molecule has 1 unspecified atom stereocenters. The molecular formula is C29H35ClFN3O2. The van der Waals surface area contributed by atoms with Crippen molar-refractivity contribution in [2.75, 3.05) is 6.54 Å². The van der Waals surface area contributed by atoms with E-state index in [4.69, 9.17) is 16.6 Å². The Morgan fingerprint density at radius 2 is 1.83 bits per heavy atom. The molecule has 7 heteroatoms. The third-order valence-corrected chi connectivity index (χ3v) is 7.96. The molecule has 2 aliphatic rings. The monoisotopic (exact) mass is 511 g/mol. The minimum Gasteiger partial charge on any atom is -0.352 e. The Morgan fingerprint density at radius 1 is 1.17 bits per heavy atom. The van der Waals surface area contributed by atoms with Crippen LogP contribution in [-0.4, -0.2) is 34.6 Å². The molecule has 1 fully saturated rings. The van der Waals surface area contributed by atoms with Crippen molar-refractivity contribution >= 4 is 29.1 Å². The van der Waals surface area contributed by atoms with Gasteiger partial charge < -0.3 is 10.2 Å². The molecule has 1 saturated carbocycles. The average molecular weight is 512 g/mol. The van der Waals surface area contributed by atoms with E-state index >= 15 is 0 Å². The molecular weight excluding hydrogens is 477 g/mol. The number of carbonyl (C=O) groups is 2. The van der Waals surface area contributed by atoms with Crippen LogP contribution in [0.25, 0.3) is 0 Å². The maximum Gasteiger partial charge on any atom is 0.275 e. The minimum absolute atomic E-state index is 0.112. The van der Waals surface area contributed by atoms with E-state index in [0.717, 1.165) is 37.7 Å². The largest absolute Gasteiger partial charge is 0.352 e. The Kier molecular flexibility index (Phi) is 7.84. The van der Waals surface area contributed by atoms with Crippen LogP contribution in [0.2, 0.25) is 5.02 Å². The average Bonchev–Trinajstić information content (AvgIpc) is 3.14. The molecule has 0 radical (unpaired) electrons. The Bertz CT molecular complexity index is 1150. The van der Waals surface area contributed by atoms with Crippen molar-refractivity contribution in [3.8, 4) is 0 Å². The van der Waals surface area contributed by atoms with Crippen molar-refractivity contribution in [3.63, 3.8) is 0 Å². The first-order valence-corrected chi connectivity index (χ1v) is 13.3. The van der Waals surface area contributed by atoms with Crippen molar-refractivity contribution in [1.82, 2.24) is 10.2 Å². The summed E-state index contributed by atoms with van der Waals surface area (Å²) in [5, 5.41) is 3.25. The zero-order valence-electron chi connectivity index (χ0n) is 21.5. The van der Waals surface area contributed by atoms with Crippen molar-refractivity contribution in [2.45, 2.75) is 71.5 Å². The number of hydrogen-bond acceptors (Lipinski definition) is 3. The SMILES string of the molecule is CCCNC(=O)c1ccc(C(C)N2C(=O)C(c3cc(Cl)ccc3F)=NC23CCC(C(C)C)CC3)cc1. The molecule has 1 atom stereocenters. The Morgan fingerprint density at radius 3 is 2.44 bits per heavy atom. The summed E-state index contributed by atoms with van der Waals surface area (Å²) in [7, 11) is 0. The van der Waals surface area contributed by atoms with Crippen LogP contribution in [0.5, 0.6) is 0 Å². The van der Waals surface area contributed by atoms with Gasteiger partial charge in [0, 0.05) is 22.7 Å². The number of rotatable bonds is 7. The Hall–Kier alpha value is -2.73. The quantitative estimate of drug-likeness (QED) is 0.458. The highest BCUT2D eigenvalue weighted by atomic mass is 35.5. The predicted molar refractivity (Wildman–Crippen MR) is 142 cm³/mol. The molecule has 192 valence electrons. The smallest absolute Gasteiger partial charge is 0.275 e. The number of nitrogens with zero attached hydrogens (tertiary/aromatic N) is 2. The first kappa shape index (κ1) is 26.3. The summed E-state index contributed by atoms with van der Waals surface area (Å²) in [4.78, 5) is 33.0. The molecule has 0 saturated heterocycles. The lowest BCUT2D eigenvalue weighted by Gasteiger charge is -2.45. The third-order valence-electron chi connectivity index (χ3n) is 7.73. The van der Waals surface area contributed by atoms with Gasteiger partial charge in [0.05, 0.1) is 6.04 Å². The van der Waals surface area contributed by atoms with Gasteiger partial charge in [-0.25, -0.2) is 4.39 Å². The fraction of sp³-hybridized carbons (Fsp3) is 0.483. The summed E-state index contributed by atoms with van der Waals surface area (Å²) >= 11 is 6.16. The molecule has 1 aliphatic carbocycles. The number of carbonyl (C=O) groups excluding carboxylic acids is 2. The first-order chi connectivity index (χ1) is 17.2. The van der Waals surface area contributed by atoms with Gasteiger partial charge in [-0.05, 0) is 86.8 Å². The van der Waals surface area contributed by atoms with Crippen molar-refractivity contribution in [3.05, 3.63) is 70.0 Å². The maximum absolute atomic E-state index is 14.8. The summed E-state index contributed by atoms with van der Waals surface area (Å²) in [6, 6.07) is 11.3. The number of benzene rings is 2. The second-order valence-electron chi connectivity index (χ2n) is 10.4. The van der Waals surface area contributed by atoms with Crippen LogP contribution < -0.4 is 5.32 Å². The number of nitrogens with one attached hydrogen (secondary N) is 1. The number of aliphatic imine (C=N–C) groups is 1. The van der Waals surface area contributed by atoms with Crippen LogP contribution in [-0.2, 0) is 4.79 Å². The topological polar surface area (TPSA) is 61.8 Å². The lowest BCUT2D eigenvalue weighted by Crippen LogP contribution is -2.50. The van der Waals surface area contributed by atoms with Gasteiger partial charge in [-0.3, -0.25) is 14.6 Å². The van der Waals surface area contributed by atoms with Crippen molar-refractivity contribution in [2.24, 2.45) is 16.8 Å². The van der Waals surface area contributed by atoms with Crippen LogP contribution in [0.1, 0.15) is 87.3 Å². The summed E-state index contributed by atoms with van der Waals surface area (Å²) in [6.45, 7) is 9.08. The summed E-state index contributed by atoms with van der Waals surface area (Å²) in [5.74, 6) is 0.237. The second kappa shape index (κ2) is 10.7. The zero-order chi connectivity index (χ0) is 26.0. The van der Waals surface area contributed by atoms with E-state index in [1.807, 2.05) is 30.9 Å². The van der Waals surface area contributed by atoms with E-state index in [2.05, 4.69) is 19.2 Å². The summed E-state index contributed by atoms with van der Waals surface area (Å²) in [5.41, 5.74) is 1.06. The standard InChI is InChI=1S/C29H35ClFN3O2/c1-5-16-32-27(35)22-8-6-21(7-9-22)19(4)34-28(36)26(24-17-23(30)10-11-25(24)31)33-29(34)14-12-20(13-15-29)18(2)3/h6-11,17-20H,5,12-16H2,1-4H3,(H,32,35). The van der Waals surface area contributed by atoms with Gasteiger partial charge in [-0.1, -0.05) is 44.5 Å². The lowest BCUT2D eigenvalue weighted by molar-refractivity contribution is -0.132. The van der Waals surface area contributed by atoms with Crippen LogP contribution in [0.4, 0.5) is 4.39 Å². The molecule has 0 bridgehead atoms. The van der Waals surface area contributed by atoms with E-state index < -0.39 is 11.5 Å². The van der Waals surface area contributed by atoms with Gasteiger partial charge >= 0.3 is 0 Å². The summed E-state index contributed by atoms with van der Waals surface area (Å²) < 4.78 is 14.8. The van der Waals surface area contributed by atoms with Crippen molar-refractivity contribution < 1.29 is 14.0 Å². The normalized spacial score (nSPS) is 22.8. The molecule has 2 amide bonds. The number of hydrogen-bond donors (Lipinski definition) is 1. The molecule has 36 heavy (non-hydrogen) atoms. The molecule has 2 aromatic rings. The molecule has 5 nitrogen and oxygen atoms in total. The van der Waals surface area contributed by atoms with Gasteiger partial charge in [-0.15, -0.1) is 0 Å². The fourth-order valence-corrected chi connectivity index (χ4v) is 5.70. The first-order valence-electron chi connectivity index (χ1n) is 12.9. The van der Waals surface area contributed by atoms with Gasteiger partial charge in [0.2, 0.25) is 0 Å². The molecule has 1 heterocycles. The van der Waals surface area contributed by atoms with E-state index in [-0.39, 0.29) is 29.1 Å². The highest BCUT2D eigenvalue weighted by molar-refractivity contribution is 6.47. The van der Waals surface area contributed by atoms with E-state index in [1.54, 1.807) is 12.1 Å². The molecule has 0 aromatic heterocycles. The number of halogens is 2. The molecule has 1 spiro atoms. The third kappa shape index (κ3) is 5.06. The zero-order valence-corrected chi connectivity index (χ0v) is 22.2. The van der Waals surface area contributed by atoms with E-state index in [9.17, 15) is 14.0 Å². The highest BCUT2D eigenvalue weighted by Crippen LogP contribution is 2.47. The van der Waals surface area contributed by atoms with Crippen LogP contribution in [0.3, 0.4) is 0 Å². The van der Waals surface area contributed by atoms with Crippen LogP contribution in [0, 0.1) is 17.7 Å². The van der Waals surface area contributed by atoms with Crippen LogP contribution >= 0.6 is 11.6 Å². The Labute approximate surface area is 218 Å². The van der Waals surface area contributed by atoms with Gasteiger partial charge in [0.25, 0.3) is 11.8 Å².